The number of hydrogen-bond donors (Lipinski definition) is 0. The van der Waals surface area contributed by atoms with Crippen LogP contribution in [0.25, 0.3) is 0 Å². The Morgan fingerprint density at radius 1 is 0.816 bits per heavy atom. The highest BCUT2D eigenvalue weighted by atomic mass is 32.2. The highest BCUT2D eigenvalue weighted by Crippen LogP contribution is 2.29. The zero-order valence-corrected chi connectivity index (χ0v) is 24.1. The van der Waals surface area contributed by atoms with Crippen molar-refractivity contribution >= 4 is 20.0 Å². The minimum atomic E-state index is -3.90. The van der Waals surface area contributed by atoms with E-state index in [9.17, 15) is 16.8 Å². The molecule has 38 heavy (non-hydrogen) atoms. The van der Waals surface area contributed by atoms with Gasteiger partial charge in [0.1, 0.15) is 5.75 Å². The van der Waals surface area contributed by atoms with Crippen molar-refractivity contribution in [2.75, 3.05) is 26.3 Å². The van der Waals surface area contributed by atoms with Crippen LogP contribution in [0.1, 0.15) is 64.4 Å². The average molecular weight is 565 g/mol. The molecule has 1 saturated heterocycles. The first-order chi connectivity index (χ1) is 18.3. The Kier molecular flexibility index (Phi) is 9.86. The molecule has 8 nitrogen and oxygen atoms in total. The van der Waals surface area contributed by atoms with Crippen LogP contribution in [0.5, 0.6) is 5.75 Å². The lowest BCUT2D eigenvalue weighted by molar-refractivity contribution is 0.0926. The molecule has 1 aliphatic carbocycles. The van der Waals surface area contributed by atoms with Gasteiger partial charge in [0.05, 0.1) is 22.5 Å². The van der Waals surface area contributed by atoms with Gasteiger partial charge in [0.15, 0.2) is 0 Å². The van der Waals surface area contributed by atoms with E-state index in [1.807, 2.05) is 38.1 Å². The maximum Gasteiger partial charge on any atom is 0.243 e. The van der Waals surface area contributed by atoms with Crippen molar-refractivity contribution in [3.8, 4) is 5.75 Å². The molecule has 1 aliphatic heterocycles. The fraction of sp³-hybridized carbons (Fsp3) is 0.571. The van der Waals surface area contributed by atoms with Crippen LogP contribution in [-0.2, 0) is 31.3 Å². The van der Waals surface area contributed by atoms with Crippen molar-refractivity contribution in [1.82, 2.24) is 8.61 Å². The molecule has 0 radical (unpaired) electrons. The third-order valence-electron chi connectivity index (χ3n) is 7.39. The van der Waals surface area contributed by atoms with Gasteiger partial charge in [0, 0.05) is 32.3 Å². The molecule has 0 N–H and O–H groups in total. The smallest absolute Gasteiger partial charge is 0.243 e. The van der Waals surface area contributed by atoms with Crippen molar-refractivity contribution in [3.63, 3.8) is 0 Å². The van der Waals surface area contributed by atoms with Gasteiger partial charge in [0.25, 0.3) is 0 Å². The van der Waals surface area contributed by atoms with Gasteiger partial charge < -0.3 is 9.47 Å². The van der Waals surface area contributed by atoms with E-state index in [2.05, 4.69) is 0 Å². The number of sulfonamides is 2. The fourth-order valence-electron chi connectivity index (χ4n) is 5.39. The third kappa shape index (κ3) is 6.77. The van der Waals surface area contributed by atoms with Crippen LogP contribution < -0.4 is 4.74 Å². The Bertz CT molecular complexity index is 1240. The van der Waals surface area contributed by atoms with Gasteiger partial charge in [-0.25, -0.2) is 16.8 Å². The lowest BCUT2D eigenvalue weighted by atomic mass is 9.95. The van der Waals surface area contributed by atoms with E-state index in [-0.39, 0.29) is 35.0 Å². The molecule has 0 spiro atoms. The van der Waals surface area contributed by atoms with Gasteiger partial charge in [-0.3, -0.25) is 0 Å². The van der Waals surface area contributed by atoms with Crippen molar-refractivity contribution in [3.05, 3.63) is 54.1 Å². The van der Waals surface area contributed by atoms with Gasteiger partial charge in [-0.2, -0.15) is 8.61 Å². The molecule has 0 aromatic heterocycles. The minimum Gasteiger partial charge on any atom is -0.494 e. The summed E-state index contributed by atoms with van der Waals surface area (Å²) >= 11 is 0. The summed E-state index contributed by atoms with van der Waals surface area (Å²) in [6.07, 6.45) is 6.47. The van der Waals surface area contributed by atoms with Crippen molar-refractivity contribution < 1.29 is 26.3 Å². The summed E-state index contributed by atoms with van der Waals surface area (Å²) in [4.78, 5) is 0.196. The molecule has 1 atom stereocenters. The monoisotopic (exact) mass is 564 g/mol. The number of rotatable bonds is 12. The third-order valence-corrected chi connectivity index (χ3v) is 11.3. The standard InChI is InChI=1S/C28H40N2O6S2/c1-3-30(24-9-6-5-7-10-24)38(33,34)28-18-16-27(17-19-28)37(31,32)29(22-26-11-8-20-36-26)21-23-12-14-25(15-13-23)35-4-2/h12-19,24,26H,3-11,20-22H2,1-2H3/t26-/m1/s1. The number of benzene rings is 2. The highest BCUT2D eigenvalue weighted by Gasteiger charge is 2.33. The first kappa shape index (κ1) is 29.0. The maximum absolute atomic E-state index is 13.8. The Labute approximate surface area is 228 Å². The topological polar surface area (TPSA) is 93.2 Å². The van der Waals surface area contributed by atoms with Crippen molar-refractivity contribution in [2.45, 2.75) is 87.3 Å². The summed E-state index contributed by atoms with van der Waals surface area (Å²) in [7, 11) is -7.62. The Morgan fingerprint density at radius 2 is 1.45 bits per heavy atom. The number of hydrogen-bond acceptors (Lipinski definition) is 6. The summed E-state index contributed by atoms with van der Waals surface area (Å²) in [5, 5.41) is 0. The van der Waals surface area contributed by atoms with Crippen LogP contribution in [-0.4, -0.2) is 63.9 Å². The molecule has 0 bridgehead atoms. The number of ether oxygens (including phenoxy) is 2. The fourth-order valence-corrected chi connectivity index (χ4v) is 8.54. The molecule has 10 heteroatoms. The molecule has 2 aromatic rings. The van der Waals surface area contributed by atoms with Crippen LogP contribution in [0.3, 0.4) is 0 Å². The zero-order valence-electron chi connectivity index (χ0n) is 22.4. The molecular weight excluding hydrogens is 524 g/mol. The Balaban J connectivity index is 1.57. The van der Waals surface area contributed by atoms with E-state index < -0.39 is 20.0 Å². The highest BCUT2D eigenvalue weighted by molar-refractivity contribution is 7.89. The Hall–Kier alpha value is -1.98. The SMILES string of the molecule is CCOc1ccc(CN(C[C@H]2CCCO2)S(=O)(=O)c2ccc(S(=O)(=O)N(CC)C3CCCCC3)cc2)cc1. The van der Waals surface area contributed by atoms with Crippen LogP contribution >= 0.6 is 0 Å². The van der Waals surface area contributed by atoms with Gasteiger partial charge >= 0.3 is 0 Å². The minimum absolute atomic E-state index is 0.00169. The van der Waals surface area contributed by atoms with Gasteiger partial charge in [-0.15, -0.1) is 0 Å². The lowest BCUT2D eigenvalue weighted by Crippen LogP contribution is -2.41. The van der Waals surface area contributed by atoms with Crippen LogP contribution in [0.2, 0.25) is 0 Å². The summed E-state index contributed by atoms with van der Waals surface area (Å²) in [5.74, 6) is 0.732. The van der Waals surface area contributed by atoms with E-state index in [4.69, 9.17) is 9.47 Å². The second-order valence-electron chi connectivity index (χ2n) is 9.98. The van der Waals surface area contributed by atoms with E-state index in [0.717, 1.165) is 56.3 Å². The van der Waals surface area contributed by atoms with E-state index in [1.54, 1.807) is 4.31 Å². The molecule has 4 rings (SSSR count). The summed E-state index contributed by atoms with van der Waals surface area (Å²) in [6, 6.07) is 13.1. The molecule has 0 amide bonds. The van der Waals surface area contributed by atoms with Crippen LogP contribution in [0.15, 0.2) is 58.3 Å². The molecule has 2 aliphatic rings. The van der Waals surface area contributed by atoms with Crippen LogP contribution in [0.4, 0.5) is 0 Å². The van der Waals surface area contributed by atoms with E-state index in [1.165, 1.54) is 28.6 Å². The van der Waals surface area contributed by atoms with Crippen molar-refractivity contribution in [1.29, 1.82) is 0 Å². The van der Waals surface area contributed by atoms with Crippen LogP contribution in [0, 0.1) is 0 Å². The van der Waals surface area contributed by atoms with E-state index in [0.29, 0.717) is 19.8 Å². The average Bonchev–Trinajstić information content (AvgIpc) is 3.44. The second-order valence-corrected chi connectivity index (χ2v) is 13.8. The zero-order chi connectivity index (χ0) is 27.2. The van der Waals surface area contributed by atoms with Gasteiger partial charge in [0.2, 0.25) is 20.0 Å². The predicted molar refractivity (Wildman–Crippen MR) is 147 cm³/mol. The molecular formula is C28H40N2O6S2. The second kappa shape index (κ2) is 12.9. The van der Waals surface area contributed by atoms with E-state index >= 15 is 0 Å². The first-order valence-electron chi connectivity index (χ1n) is 13.7. The molecule has 1 heterocycles. The van der Waals surface area contributed by atoms with Gasteiger partial charge in [-0.1, -0.05) is 38.3 Å². The number of nitrogens with zero attached hydrogens (tertiary/aromatic N) is 2. The molecule has 0 unspecified atom stereocenters. The lowest BCUT2D eigenvalue weighted by Gasteiger charge is -2.32. The first-order valence-corrected chi connectivity index (χ1v) is 16.6. The maximum atomic E-state index is 13.8. The quantitative estimate of drug-likeness (QED) is 0.368. The predicted octanol–water partition coefficient (Wildman–Crippen LogP) is 4.80. The summed E-state index contributed by atoms with van der Waals surface area (Å²) in [6.45, 7) is 5.76. The summed E-state index contributed by atoms with van der Waals surface area (Å²) < 4.78 is 68.7. The summed E-state index contributed by atoms with van der Waals surface area (Å²) in [5.41, 5.74) is 0.834. The Morgan fingerprint density at radius 3 is 2.00 bits per heavy atom. The van der Waals surface area contributed by atoms with Gasteiger partial charge in [-0.05, 0) is 74.6 Å². The molecule has 2 aromatic carbocycles. The van der Waals surface area contributed by atoms with Crippen molar-refractivity contribution in [2.24, 2.45) is 0 Å². The molecule has 2 fully saturated rings. The largest absolute Gasteiger partial charge is 0.494 e. The normalized spacial score (nSPS) is 19.3. The molecule has 210 valence electrons. The molecule has 1 saturated carbocycles.